The zero-order valence-electron chi connectivity index (χ0n) is 9.98. The molecule has 1 aromatic carbocycles. The summed E-state index contributed by atoms with van der Waals surface area (Å²) in [6, 6.07) is 2.13. The van der Waals surface area contributed by atoms with Crippen LogP contribution in [0, 0.1) is 6.92 Å². The molecule has 0 saturated heterocycles. The maximum absolute atomic E-state index is 13.5. The van der Waals surface area contributed by atoms with Crippen molar-refractivity contribution in [2.75, 3.05) is 0 Å². The van der Waals surface area contributed by atoms with Crippen LogP contribution in [0.25, 0.3) is 0 Å². The SMILES string of the molecule is Cc1ccc(C(F)(F)C(F)(F)C(F)(F)F)c(C(N)O)c1. The molecule has 0 heterocycles. The molecule has 0 fully saturated rings. The van der Waals surface area contributed by atoms with Crippen molar-refractivity contribution in [2.24, 2.45) is 5.73 Å². The van der Waals surface area contributed by atoms with Gasteiger partial charge in [0.2, 0.25) is 0 Å². The van der Waals surface area contributed by atoms with E-state index in [1.54, 1.807) is 0 Å². The standard InChI is InChI=1S/C11H10F7NO/c1-5-2-3-7(6(4-5)8(19)20)9(12,13)10(14,15)11(16,17)18/h2-4,8,20H,19H2,1H3. The number of hydrogen-bond donors (Lipinski definition) is 2. The highest BCUT2D eigenvalue weighted by molar-refractivity contribution is 5.37. The molecule has 1 aromatic rings. The van der Waals surface area contributed by atoms with E-state index in [1.165, 1.54) is 6.92 Å². The Bertz CT molecular complexity index is 496. The number of benzene rings is 1. The highest BCUT2D eigenvalue weighted by Crippen LogP contribution is 2.52. The largest absolute Gasteiger partial charge is 0.460 e. The first-order chi connectivity index (χ1) is 8.82. The Morgan fingerprint density at radius 2 is 1.55 bits per heavy atom. The van der Waals surface area contributed by atoms with Crippen LogP contribution in [0.2, 0.25) is 0 Å². The zero-order valence-corrected chi connectivity index (χ0v) is 9.98. The summed E-state index contributed by atoms with van der Waals surface area (Å²) in [6.45, 7) is 1.37. The van der Waals surface area contributed by atoms with Gasteiger partial charge in [0, 0.05) is 11.1 Å². The van der Waals surface area contributed by atoms with Crippen LogP contribution in [0.15, 0.2) is 18.2 Å². The molecule has 0 amide bonds. The van der Waals surface area contributed by atoms with Crippen molar-refractivity contribution >= 4 is 0 Å². The number of rotatable bonds is 3. The second kappa shape index (κ2) is 4.88. The van der Waals surface area contributed by atoms with Gasteiger partial charge in [-0.05, 0) is 6.92 Å². The van der Waals surface area contributed by atoms with Crippen molar-refractivity contribution in [1.29, 1.82) is 0 Å². The molecule has 1 atom stereocenters. The highest BCUT2D eigenvalue weighted by atomic mass is 19.4. The fraction of sp³-hybridized carbons (Fsp3) is 0.455. The second-order valence-corrected chi connectivity index (χ2v) is 4.18. The predicted molar refractivity (Wildman–Crippen MR) is 55.2 cm³/mol. The average Bonchev–Trinajstić information content (AvgIpc) is 2.26. The lowest BCUT2D eigenvalue weighted by atomic mass is 9.94. The number of aryl methyl sites for hydroxylation is 1. The molecular formula is C11H10F7NO. The Labute approximate surface area is 109 Å². The molecule has 0 bridgehead atoms. The number of hydrogen-bond acceptors (Lipinski definition) is 2. The summed E-state index contributed by atoms with van der Waals surface area (Å²) in [5, 5.41) is 9.08. The average molecular weight is 305 g/mol. The Hall–Kier alpha value is -1.35. The van der Waals surface area contributed by atoms with Crippen molar-refractivity contribution in [3.63, 3.8) is 0 Å². The van der Waals surface area contributed by atoms with Crippen LogP contribution < -0.4 is 5.73 Å². The summed E-state index contributed by atoms with van der Waals surface area (Å²) in [7, 11) is 0. The summed E-state index contributed by atoms with van der Waals surface area (Å²) < 4.78 is 89.3. The summed E-state index contributed by atoms with van der Waals surface area (Å²) in [5.41, 5.74) is 2.64. The zero-order chi connectivity index (χ0) is 15.9. The fourth-order valence-corrected chi connectivity index (χ4v) is 1.56. The Balaban J connectivity index is 3.50. The Morgan fingerprint density at radius 1 is 1.05 bits per heavy atom. The van der Waals surface area contributed by atoms with Crippen LogP contribution in [-0.4, -0.2) is 17.2 Å². The van der Waals surface area contributed by atoms with Gasteiger partial charge in [0.15, 0.2) is 0 Å². The van der Waals surface area contributed by atoms with Gasteiger partial charge in [0.1, 0.15) is 6.23 Å². The van der Waals surface area contributed by atoms with E-state index in [0.717, 1.165) is 12.1 Å². The van der Waals surface area contributed by atoms with Crippen LogP contribution in [0.3, 0.4) is 0 Å². The number of aliphatic hydroxyl groups excluding tert-OH is 1. The van der Waals surface area contributed by atoms with Gasteiger partial charge in [-0.15, -0.1) is 0 Å². The molecule has 0 saturated carbocycles. The summed E-state index contributed by atoms with van der Waals surface area (Å²) >= 11 is 0. The number of alkyl halides is 7. The van der Waals surface area contributed by atoms with Gasteiger partial charge >= 0.3 is 18.0 Å². The predicted octanol–water partition coefficient (Wildman–Crippen LogP) is 3.23. The van der Waals surface area contributed by atoms with Crippen molar-refractivity contribution in [1.82, 2.24) is 0 Å². The molecule has 1 rings (SSSR count). The molecule has 0 aliphatic carbocycles. The fourth-order valence-electron chi connectivity index (χ4n) is 1.56. The Morgan fingerprint density at radius 3 is 1.95 bits per heavy atom. The molecule has 20 heavy (non-hydrogen) atoms. The summed E-state index contributed by atoms with van der Waals surface area (Å²) in [6.07, 6.45) is -8.56. The van der Waals surface area contributed by atoms with E-state index in [2.05, 4.69) is 0 Å². The van der Waals surface area contributed by atoms with Gasteiger partial charge in [-0.25, -0.2) is 0 Å². The van der Waals surface area contributed by atoms with Crippen LogP contribution >= 0.6 is 0 Å². The Kier molecular flexibility index (Phi) is 4.08. The van der Waals surface area contributed by atoms with Crippen molar-refractivity contribution < 1.29 is 35.8 Å². The topological polar surface area (TPSA) is 46.2 Å². The minimum atomic E-state index is -6.45. The second-order valence-electron chi connectivity index (χ2n) is 4.18. The van der Waals surface area contributed by atoms with Gasteiger partial charge in [0.05, 0.1) is 0 Å². The summed E-state index contributed by atoms with van der Waals surface area (Å²) in [5.74, 6) is -11.9. The van der Waals surface area contributed by atoms with Crippen molar-refractivity contribution in [2.45, 2.75) is 31.2 Å². The third kappa shape index (κ3) is 2.59. The van der Waals surface area contributed by atoms with Gasteiger partial charge in [-0.1, -0.05) is 23.8 Å². The molecular weight excluding hydrogens is 295 g/mol. The normalized spacial score (nSPS) is 15.3. The first-order valence-electron chi connectivity index (χ1n) is 5.19. The van der Waals surface area contributed by atoms with Crippen LogP contribution in [0.4, 0.5) is 30.7 Å². The third-order valence-corrected chi connectivity index (χ3v) is 2.61. The highest BCUT2D eigenvalue weighted by Gasteiger charge is 2.73. The lowest BCUT2D eigenvalue weighted by Gasteiger charge is -2.30. The maximum atomic E-state index is 13.5. The molecule has 0 aromatic heterocycles. The van der Waals surface area contributed by atoms with Gasteiger partial charge < -0.3 is 10.8 Å². The number of halogens is 7. The van der Waals surface area contributed by atoms with E-state index in [9.17, 15) is 30.7 Å². The first kappa shape index (κ1) is 16.7. The maximum Gasteiger partial charge on any atom is 0.460 e. The van der Waals surface area contributed by atoms with Crippen molar-refractivity contribution in [3.8, 4) is 0 Å². The molecule has 0 aliphatic heterocycles. The molecule has 0 radical (unpaired) electrons. The first-order valence-corrected chi connectivity index (χ1v) is 5.19. The van der Waals surface area contributed by atoms with E-state index in [4.69, 9.17) is 10.8 Å². The lowest BCUT2D eigenvalue weighted by Crippen LogP contribution is -2.50. The molecule has 9 heteroatoms. The molecule has 114 valence electrons. The van der Waals surface area contributed by atoms with Gasteiger partial charge in [0.25, 0.3) is 0 Å². The third-order valence-electron chi connectivity index (χ3n) is 2.61. The monoisotopic (exact) mass is 305 g/mol. The van der Waals surface area contributed by atoms with Gasteiger partial charge in [-0.2, -0.15) is 30.7 Å². The van der Waals surface area contributed by atoms with Crippen LogP contribution in [0.5, 0.6) is 0 Å². The van der Waals surface area contributed by atoms with Crippen LogP contribution in [0.1, 0.15) is 22.9 Å². The minimum Gasteiger partial charge on any atom is -0.375 e. The van der Waals surface area contributed by atoms with Gasteiger partial charge in [-0.3, -0.25) is 0 Å². The molecule has 0 spiro atoms. The summed E-state index contributed by atoms with van der Waals surface area (Å²) in [4.78, 5) is 0. The quantitative estimate of drug-likeness (QED) is 0.665. The van der Waals surface area contributed by atoms with E-state index < -0.39 is 35.4 Å². The van der Waals surface area contributed by atoms with E-state index in [1.807, 2.05) is 0 Å². The van der Waals surface area contributed by atoms with E-state index in [-0.39, 0.29) is 5.56 Å². The van der Waals surface area contributed by atoms with E-state index in [0.29, 0.717) is 6.07 Å². The number of nitrogens with two attached hydrogens (primary N) is 1. The van der Waals surface area contributed by atoms with Crippen molar-refractivity contribution in [3.05, 3.63) is 34.9 Å². The van der Waals surface area contributed by atoms with Crippen LogP contribution in [-0.2, 0) is 5.92 Å². The smallest absolute Gasteiger partial charge is 0.375 e. The van der Waals surface area contributed by atoms with E-state index >= 15 is 0 Å². The minimum absolute atomic E-state index is 0.263. The lowest BCUT2D eigenvalue weighted by molar-refractivity contribution is -0.359. The molecule has 0 aliphatic rings. The molecule has 1 unspecified atom stereocenters. The number of aliphatic hydroxyl groups is 1. The molecule has 2 nitrogen and oxygen atoms in total. The molecule has 3 N–H and O–H groups in total.